The van der Waals surface area contributed by atoms with Crippen LogP contribution in [-0.2, 0) is 0 Å². The Morgan fingerprint density at radius 3 is 2.36 bits per heavy atom. The van der Waals surface area contributed by atoms with Gasteiger partial charge in [-0.05, 0) is 18.2 Å². The summed E-state index contributed by atoms with van der Waals surface area (Å²) in [6, 6.07) is 5.21. The predicted molar refractivity (Wildman–Crippen MR) is 54.5 cm³/mol. The molecule has 14 heavy (non-hydrogen) atoms. The Labute approximate surface area is 82.3 Å². The average molecular weight is 195 g/mol. The molecule has 1 rings (SSSR count). The van der Waals surface area contributed by atoms with Gasteiger partial charge in [0.05, 0.1) is 14.2 Å². The van der Waals surface area contributed by atoms with Gasteiger partial charge in [0.15, 0.2) is 11.5 Å². The lowest BCUT2D eigenvalue weighted by Crippen LogP contribution is -2.15. The van der Waals surface area contributed by atoms with Gasteiger partial charge in [0, 0.05) is 5.56 Å². The Morgan fingerprint density at radius 2 is 1.86 bits per heavy atom. The lowest BCUT2D eigenvalue weighted by molar-refractivity contribution is 0.355. The van der Waals surface area contributed by atoms with Crippen LogP contribution in [0.5, 0.6) is 11.5 Å². The highest BCUT2D eigenvalue weighted by molar-refractivity contribution is 5.97. The van der Waals surface area contributed by atoms with Gasteiger partial charge in [0.25, 0.3) is 0 Å². The molecule has 0 atom stereocenters. The Morgan fingerprint density at radius 1 is 1.21 bits per heavy atom. The zero-order valence-electron chi connectivity index (χ0n) is 8.15. The standard InChI is InChI=1S/C9H13N3O2/c1-13-7-4-3-6(9(10)12-11)5-8(7)14-2/h3-5H,11H2,1-2H3,(H2,10,12). The fourth-order valence-electron chi connectivity index (χ4n) is 1.07. The average Bonchev–Trinajstić information content (AvgIpc) is 2.26. The van der Waals surface area contributed by atoms with Crippen molar-refractivity contribution in [3.05, 3.63) is 23.8 Å². The number of hydrogen-bond donors (Lipinski definition) is 2. The second-order valence-electron chi connectivity index (χ2n) is 2.58. The van der Waals surface area contributed by atoms with Crippen LogP contribution in [0, 0.1) is 0 Å². The summed E-state index contributed by atoms with van der Waals surface area (Å²) in [7, 11) is 3.12. The Kier molecular flexibility index (Phi) is 3.17. The molecule has 0 aromatic heterocycles. The molecule has 0 saturated heterocycles. The van der Waals surface area contributed by atoms with Crippen LogP contribution in [-0.4, -0.2) is 20.1 Å². The molecule has 0 radical (unpaired) electrons. The molecule has 4 N–H and O–H groups in total. The summed E-state index contributed by atoms with van der Waals surface area (Å²) in [6.45, 7) is 0. The van der Waals surface area contributed by atoms with Gasteiger partial charge in [-0.3, -0.25) is 0 Å². The number of nitrogens with zero attached hydrogens (tertiary/aromatic N) is 1. The second kappa shape index (κ2) is 4.36. The number of benzene rings is 1. The molecule has 0 aliphatic heterocycles. The van der Waals surface area contributed by atoms with E-state index in [0.29, 0.717) is 17.1 Å². The van der Waals surface area contributed by atoms with Crippen molar-refractivity contribution < 1.29 is 9.47 Å². The first-order chi connectivity index (χ1) is 6.72. The summed E-state index contributed by atoms with van der Waals surface area (Å²) in [6.07, 6.45) is 0. The lowest BCUT2D eigenvalue weighted by Gasteiger charge is -2.08. The van der Waals surface area contributed by atoms with E-state index in [1.165, 1.54) is 0 Å². The molecule has 5 heteroatoms. The van der Waals surface area contributed by atoms with Gasteiger partial charge in [-0.2, -0.15) is 5.10 Å². The first-order valence-electron chi connectivity index (χ1n) is 3.98. The molecule has 0 aliphatic rings. The van der Waals surface area contributed by atoms with E-state index in [9.17, 15) is 0 Å². The molecular formula is C9H13N3O2. The van der Waals surface area contributed by atoms with Crippen LogP contribution in [0.4, 0.5) is 0 Å². The largest absolute Gasteiger partial charge is 0.493 e. The van der Waals surface area contributed by atoms with Crippen molar-refractivity contribution in [2.45, 2.75) is 0 Å². The van der Waals surface area contributed by atoms with Gasteiger partial charge < -0.3 is 21.1 Å². The third kappa shape index (κ3) is 1.87. The van der Waals surface area contributed by atoms with Crippen molar-refractivity contribution in [2.75, 3.05) is 14.2 Å². The Bertz CT molecular complexity index is 350. The maximum atomic E-state index is 5.54. The second-order valence-corrected chi connectivity index (χ2v) is 2.58. The van der Waals surface area contributed by atoms with Crippen molar-refractivity contribution in [1.29, 1.82) is 0 Å². The summed E-state index contributed by atoms with van der Waals surface area (Å²) in [5.74, 6) is 6.55. The maximum absolute atomic E-state index is 5.54. The zero-order chi connectivity index (χ0) is 10.6. The minimum Gasteiger partial charge on any atom is -0.493 e. The number of hydrogen-bond acceptors (Lipinski definition) is 4. The van der Waals surface area contributed by atoms with Crippen LogP contribution in [0.25, 0.3) is 0 Å². The molecule has 0 amide bonds. The van der Waals surface area contributed by atoms with Crippen molar-refractivity contribution in [2.24, 2.45) is 16.7 Å². The number of amidine groups is 1. The van der Waals surface area contributed by atoms with E-state index < -0.39 is 0 Å². The molecular weight excluding hydrogens is 182 g/mol. The number of hydrazone groups is 1. The van der Waals surface area contributed by atoms with E-state index in [-0.39, 0.29) is 5.84 Å². The molecule has 0 aliphatic carbocycles. The number of ether oxygens (including phenoxy) is 2. The highest BCUT2D eigenvalue weighted by Crippen LogP contribution is 2.27. The van der Waals surface area contributed by atoms with Crippen LogP contribution in [0.2, 0.25) is 0 Å². The van der Waals surface area contributed by atoms with Crippen LogP contribution >= 0.6 is 0 Å². The number of rotatable bonds is 3. The van der Waals surface area contributed by atoms with Crippen molar-refractivity contribution in [3.8, 4) is 11.5 Å². The van der Waals surface area contributed by atoms with Gasteiger partial charge in [-0.25, -0.2) is 0 Å². The minimum absolute atomic E-state index is 0.256. The van der Waals surface area contributed by atoms with Gasteiger partial charge in [0.1, 0.15) is 5.84 Å². The normalized spacial score (nSPS) is 11.1. The Hall–Kier alpha value is -1.91. The van der Waals surface area contributed by atoms with Crippen LogP contribution in [0.1, 0.15) is 5.56 Å². The first kappa shape index (κ1) is 10.2. The Balaban J connectivity index is 3.14. The first-order valence-corrected chi connectivity index (χ1v) is 3.98. The summed E-state index contributed by atoms with van der Waals surface area (Å²) < 4.78 is 10.2. The monoisotopic (exact) mass is 195 g/mol. The molecule has 1 aromatic carbocycles. The molecule has 0 fully saturated rings. The molecule has 0 heterocycles. The molecule has 0 bridgehead atoms. The molecule has 0 saturated carbocycles. The molecule has 76 valence electrons. The SMILES string of the molecule is COc1ccc(C(N)=NN)cc1OC. The third-order valence-corrected chi connectivity index (χ3v) is 1.82. The summed E-state index contributed by atoms with van der Waals surface area (Å²) in [4.78, 5) is 0. The maximum Gasteiger partial charge on any atom is 0.161 e. The van der Waals surface area contributed by atoms with E-state index in [0.717, 1.165) is 0 Å². The van der Waals surface area contributed by atoms with E-state index in [1.807, 2.05) is 0 Å². The molecule has 1 aromatic rings. The van der Waals surface area contributed by atoms with Crippen LogP contribution < -0.4 is 21.1 Å². The number of methoxy groups -OCH3 is 2. The zero-order valence-corrected chi connectivity index (χ0v) is 8.15. The van der Waals surface area contributed by atoms with E-state index >= 15 is 0 Å². The van der Waals surface area contributed by atoms with Gasteiger partial charge in [-0.15, -0.1) is 0 Å². The fourth-order valence-corrected chi connectivity index (χ4v) is 1.07. The topological polar surface area (TPSA) is 82.9 Å². The molecule has 0 spiro atoms. The van der Waals surface area contributed by atoms with Crippen molar-refractivity contribution >= 4 is 5.84 Å². The highest BCUT2D eigenvalue weighted by atomic mass is 16.5. The van der Waals surface area contributed by atoms with E-state index in [2.05, 4.69) is 5.10 Å². The van der Waals surface area contributed by atoms with Crippen LogP contribution in [0.15, 0.2) is 23.3 Å². The number of nitrogens with two attached hydrogens (primary N) is 2. The van der Waals surface area contributed by atoms with Gasteiger partial charge in [-0.1, -0.05) is 0 Å². The summed E-state index contributed by atoms with van der Waals surface area (Å²) in [5.41, 5.74) is 6.24. The quantitative estimate of drug-likeness (QED) is 0.314. The highest BCUT2D eigenvalue weighted by Gasteiger charge is 2.06. The molecule has 0 unspecified atom stereocenters. The fraction of sp³-hybridized carbons (Fsp3) is 0.222. The predicted octanol–water partition coefficient (Wildman–Crippen LogP) is 0.283. The van der Waals surface area contributed by atoms with Gasteiger partial charge in [0.2, 0.25) is 0 Å². The smallest absolute Gasteiger partial charge is 0.161 e. The van der Waals surface area contributed by atoms with Crippen molar-refractivity contribution in [3.63, 3.8) is 0 Å². The van der Waals surface area contributed by atoms with Crippen molar-refractivity contribution in [1.82, 2.24) is 0 Å². The summed E-state index contributed by atoms with van der Waals surface area (Å²) in [5, 5.41) is 3.39. The lowest BCUT2D eigenvalue weighted by atomic mass is 10.2. The summed E-state index contributed by atoms with van der Waals surface area (Å²) >= 11 is 0. The van der Waals surface area contributed by atoms with E-state index in [1.54, 1.807) is 32.4 Å². The molecule has 5 nitrogen and oxygen atoms in total. The third-order valence-electron chi connectivity index (χ3n) is 1.82. The van der Waals surface area contributed by atoms with E-state index in [4.69, 9.17) is 21.1 Å². The van der Waals surface area contributed by atoms with Gasteiger partial charge >= 0.3 is 0 Å². The minimum atomic E-state index is 0.256. The van der Waals surface area contributed by atoms with Crippen LogP contribution in [0.3, 0.4) is 0 Å².